The summed E-state index contributed by atoms with van der Waals surface area (Å²) >= 11 is 6.49. The second-order valence-electron chi connectivity index (χ2n) is 6.21. The van der Waals surface area contributed by atoms with E-state index in [1.54, 1.807) is 15.4 Å². The van der Waals surface area contributed by atoms with Crippen molar-refractivity contribution in [3.8, 4) is 23.0 Å². The first kappa shape index (κ1) is 19.4. The SMILES string of the molecule is Cn1cc(-c2ccc3c(C#CCCNC(=O)c4nc(Br)c(Br)[nH]4)cnn3c2)cn1. The molecule has 0 saturated heterocycles. The Morgan fingerprint density at radius 2 is 2.07 bits per heavy atom. The minimum atomic E-state index is -0.280. The van der Waals surface area contributed by atoms with Gasteiger partial charge in [-0.3, -0.25) is 9.48 Å². The molecule has 0 aliphatic rings. The number of imidazole rings is 1. The number of halogens is 2. The highest BCUT2D eigenvalue weighted by molar-refractivity contribution is 9.13. The largest absolute Gasteiger partial charge is 0.348 e. The number of amides is 1. The molecule has 0 fully saturated rings. The van der Waals surface area contributed by atoms with E-state index < -0.39 is 0 Å². The maximum atomic E-state index is 12.0. The molecule has 0 spiro atoms. The van der Waals surface area contributed by atoms with Crippen LogP contribution in [0.5, 0.6) is 0 Å². The third-order valence-corrected chi connectivity index (χ3v) is 5.83. The molecule has 0 bridgehead atoms. The Morgan fingerprint density at radius 1 is 1.21 bits per heavy atom. The van der Waals surface area contributed by atoms with Gasteiger partial charge in [0.25, 0.3) is 5.91 Å². The Bertz CT molecular complexity index is 1240. The summed E-state index contributed by atoms with van der Waals surface area (Å²) in [5.41, 5.74) is 3.84. The van der Waals surface area contributed by atoms with Gasteiger partial charge in [0.2, 0.25) is 0 Å². The Balaban J connectivity index is 1.38. The predicted molar refractivity (Wildman–Crippen MR) is 115 cm³/mol. The zero-order chi connectivity index (χ0) is 20.4. The van der Waals surface area contributed by atoms with Crippen LogP contribution in [0.25, 0.3) is 16.6 Å². The van der Waals surface area contributed by atoms with Crippen LogP contribution in [0.2, 0.25) is 0 Å². The topological polar surface area (TPSA) is 92.9 Å². The second-order valence-corrected chi connectivity index (χ2v) is 7.75. The monoisotopic (exact) mass is 515 g/mol. The van der Waals surface area contributed by atoms with Gasteiger partial charge in [0.1, 0.15) is 9.21 Å². The van der Waals surface area contributed by atoms with Crippen molar-refractivity contribution in [2.75, 3.05) is 6.54 Å². The molecule has 1 amide bonds. The fraction of sp³-hybridized carbons (Fsp3) is 0.158. The number of aryl methyl sites for hydroxylation is 1. The number of aromatic amines is 1. The van der Waals surface area contributed by atoms with Gasteiger partial charge in [-0.25, -0.2) is 9.50 Å². The van der Waals surface area contributed by atoms with E-state index in [1.807, 2.05) is 37.8 Å². The van der Waals surface area contributed by atoms with Crippen molar-refractivity contribution >= 4 is 43.3 Å². The summed E-state index contributed by atoms with van der Waals surface area (Å²) in [4.78, 5) is 18.9. The first-order chi connectivity index (χ1) is 14.0. The van der Waals surface area contributed by atoms with Gasteiger partial charge in [0, 0.05) is 43.5 Å². The van der Waals surface area contributed by atoms with E-state index in [1.165, 1.54) is 0 Å². The summed E-state index contributed by atoms with van der Waals surface area (Å²) in [6.45, 7) is 0.423. The number of carbonyl (C=O) groups excluding carboxylic acids is 1. The number of carbonyl (C=O) groups is 1. The molecule has 0 aliphatic carbocycles. The molecule has 0 aromatic carbocycles. The quantitative estimate of drug-likeness (QED) is 0.322. The van der Waals surface area contributed by atoms with Gasteiger partial charge in [-0.15, -0.1) is 0 Å². The number of fused-ring (bicyclic) bond motifs is 1. The third-order valence-electron chi connectivity index (χ3n) is 4.15. The van der Waals surface area contributed by atoms with E-state index in [9.17, 15) is 4.79 Å². The Labute approximate surface area is 183 Å². The van der Waals surface area contributed by atoms with E-state index >= 15 is 0 Å². The number of H-pyrrole nitrogens is 1. The summed E-state index contributed by atoms with van der Waals surface area (Å²) in [6.07, 6.45) is 7.99. The summed E-state index contributed by atoms with van der Waals surface area (Å²) in [7, 11) is 1.89. The molecule has 0 atom stereocenters. The highest BCUT2D eigenvalue weighted by atomic mass is 79.9. The minimum absolute atomic E-state index is 0.240. The number of aromatic nitrogens is 6. The fourth-order valence-electron chi connectivity index (χ4n) is 2.74. The van der Waals surface area contributed by atoms with Crippen LogP contribution in [0.1, 0.15) is 22.6 Å². The number of nitrogens with zero attached hydrogens (tertiary/aromatic N) is 5. The van der Waals surface area contributed by atoms with Crippen molar-refractivity contribution in [3.63, 3.8) is 0 Å². The summed E-state index contributed by atoms with van der Waals surface area (Å²) in [5, 5.41) is 11.4. The predicted octanol–water partition coefficient (Wildman–Crippen LogP) is 3.15. The van der Waals surface area contributed by atoms with E-state index in [4.69, 9.17) is 0 Å². The number of rotatable bonds is 4. The molecule has 4 heterocycles. The molecular formula is C19H15Br2N7O. The molecular weight excluding hydrogens is 502 g/mol. The summed E-state index contributed by atoms with van der Waals surface area (Å²) < 4.78 is 4.76. The number of nitrogens with one attached hydrogen (secondary N) is 2. The highest BCUT2D eigenvalue weighted by Crippen LogP contribution is 2.20. The van der Waals surface area contributed by atoms with Gasteiger partial charge in [0.05, 0.1) is 23.5 Å². The van der Waals surface area contributed by atoms with E-state index in [0.717, 1.165) is 22.2 Å². The average molecular weight is 517 g/mol. The van der Waals surface area contributed by atoms with Crippen LogP contribution >= 0.6 is 31.9 Å². The zero-order valence-corrected chi connectivity index (χ0v) is 18.5. The van der Waals surface area contributed by atoms with E-state index in [0.29, 0.717) is 22.2 Å². The van der Waals surface area contributed by atoms with Crippen LogP contribution in [0, 0.1) is 11.8 Å². The lowest BCUT2D eigenvalue weighted by atomic mass is 10.1. The van der Waals surface area contributed by atoms with Crippen LogP contribution < -0.4 is 5.32 Å². The van der Waals surface area contributed by atoms with Crippen molar-refractivity contribution in [1.29, 1.82) is 0 Å². The van der Waals surface area contributed by atoms with Crippen molar-refractivity contribution in [1.82, 2.24) is 34.7 Å². The van der Waals surface area contributed by atoms with Gasteiger partial charge < -0.3 is 10.3 Å². The highest BCUT2D eigenvalue weighted by Gasteiger charge is 2.12. The van der Waals surface area contributed by atoms with Gasteiger partial charge in [-0.05, 0) is 37.9 Å². The molecule has 2 N–H and O–H groups in total. The van der Waals surface area contributed by atoms with E-state index in [-0.39, 0.29) is 11.7 Å². The Kier molecular flexibility index (Phi) is 5.51. The first-order valence-corrected chi connectivity index (χ1v) is 10.2. The van der Waals surface area contributed by atoms with Crippen LogP contribution in [0.3, 0.4) is 0 Å². The molecule has 0 radical (unpaired) electrons. The van der Waals surface area contributed by atoms with E-state index in [2.05, 4.69) is 69.2 Å². The van der Waals surface area contributed by atoms with Gasteiger partial charge in [-0.1, -0.05) is 17.9 Å². The number of hydrogen-bond donors (Lipinski definition) is 2. The lowest BCUT2D eigenvalue weighted by Crippen LogP contribution is -2.25. The lowest BCUT2D eigenvalue weighted by molar-refractivity contribution is 0.0945. The smallest absolute Gasteiger partial charge is 0.287 e. The minimum Gasteiger partial charge on any atom is -0.348 e. The Hall–Kier alpha value is -2.90. The van der Waals surface area contributed by atoms with Crippen molar-refractivity contribution in [2.24, 2.45) is 7.05 Å². The molecule has 4 rings (SSSR count). The van der Waals surface area contributed by atoms with Gasteiger partial charge >= 0.3 is 0 Å². The van der Waals surface area contributed by atoms with Crippen LogP contribution in [-0.4, -0.2) is 41.8 Å². The Morgan fingerprint density at radius 3 is 2.79 bits per heavy atom. The standard InChI is InChI=1S/C19H15Br2N7O/c1-27-10-14(9-23-27)13-5-6-15-12(8-24-28(15)11-13)4-2-3-7-22-19(29)18-25-16(20)17(21)26-18/h5-6,8-11H,3,7H2,1H3,(H,22,29)(H,25,26). The number of pyridine rings is 1. The summed E-state index contributed by atoms with van der Waals surface area (Å²) in [5.74, 6) is 6.15. The van der Waals surface area contributed by atoms with Crippen molar-refractivity contribution in [3.05, 3.63) is 57.5 Å². The maximum Gasteiger partial charge on any atom is 0.287 e. The van der Waals surface area contributed by atoms with Gasteiger partial charge in [0.15, 0.2) is 5.82 Å². The zero-order valence-electron chi connectivity index (χ0n) is 15.3. The van der Waals surface area contributed by atoms with Gasteiger partial charge in [-0.2, -0.15) is 10.2 Å². The van der Waals surface area contributed by atoms with Crippen LogP contribution in [-0.2, 0) is 7.05 Å². The summed E-state index contributed by atoms with van der Waals surface area (Å²) in [6, 6.07) is 4.02. The molecule has 4 aromatic heterocycles. The first-order valence-electron chi connectivity index (χ1n) is 8.66. The van der Waals surface area contributed by atoms with Crippen LogP contribution in [0.15, 0.2) is 46.1 Å². The molecule has 10 heteroatoms. The van der Waals surface area contributed by atoms with Crippen molar-refractivity contribution in [2.45, 2.75) is 6.42 Å². The molecule has 8 nitrogen and oxygen atoms in total. The third kappa shape index (κ3) is 4.26. The molecule has 0 aliphatic heterocycles. The molecule has 29 heavy (non-hydrogen) atoms. The lowest BCUT2D eigenvalue weighted by Gasteiger charge is -1.99. The molecule has 0 saturated carbocycles. The molecule has 0 unspecified atom stereocenters. The van der Waals surface area contributed by atoms with Crippen molar-refractivity contribution < 1.29 is 4.79 Å². The maximum absolute atomic E-state index is 12.0. The average Bonchev–Trinajstić information content (AvgIpc) is 3.40. The van der Waals surface area contributed by atoms with Crippen LogP contribution in [0.4, 0.5) is 0 Å². The normalized spacial score (nSPS) is 10.7. The molecule has 4 aromatic rings. The molecule has 146 valence electrons. The number of hydrogen-bond acceptors (Lipinski definition) is 4. The second kappa shape index (κ2) is 8.23. The fourth-order valence-corrected chi connectivity index (χ4v) is 3.29.